The average Bonchev–Trinajstić information content (AvgIpc) is 2.87. The number of hydrogen-bond acceptors (Lipinski definition) is 6. The second-order valence-electron chi connectivity index (χ2n) is 8.28. The molecule has 2 aromatic heterocycles. The third-order valence-corrected chi connectivity index (χ3v) is 5.71. The molecular formula is C26H20BBrF6N2O4. The molecule has 0 fully saturated rings. The first-order chi connectivity index (χ1) is 18.6. The van der Waals surface area contributed by atoms with Crippen LogP contribution in [0.1, 0.15) is 22.3 Å². The summed E-state index contributed by atoms with van der Waals surface area (Å²) in [5, 5.41) is 18.2. The Balaban J connectivity index is 0.000000222. The lowest BCUT2D eigenvalue weighted by atomic mass is 9.80. The summed E-state index contributed by atoms with van der Waals surface area (Å²) in [5.74, 6) is 0.930. The van der Waals surface area contributed by atoms with E-state index in [1.54, 1.807) is 19.1 Å². The van der Waals surface area contributed by atoms with Crippen molar-refractivity contribution in [1.29, 1.82) is 0 Å². The van der Waals surface area contributed by atoms with Crippen molar-refractivity contribution in [2.45, 2.75) is 26.2 Å². The molecule has 6 nitrogen and oxygen atoms in total. The lowest BCUT2D eigenvalue weighted by molar-refractivity contribution is -0.138. The second-order valence-corrected chi connectivity index (χ2v) is 9.19. The monoisotopic (exact) mass is 628 g/mol. The minimum absolute atomic E-state index is 0.0179. The zero-order valence-corrected chi connectivity index (χ0v) is 22.3. The van der Waals surface area contributed by atoms with Gasteiger partial charge in [-0.25, -0.2) is 9.97 Å². The first-order valence-corrected chi connectivity index (χ1v) is 12.1. The first-order valence-electron chi connectivity index (χ1n) is 11.3. The highest BCUT2D eigenvalue weighted by molar-refractivity contribution is 9.10. The predicted octanol–water partition coefficient (Wildman–Crippen LogP) is 6.84. The topological polar surface area (TPSA) is 84.7 Å². The van der Waals surface area contributed by atoms with Crippen LogP contribution in [0.5, 0.6) is 23.3 Å². The van der Waals surface area contributed by atoms with E-state index in [2.05, 4.69) is 25.9 Å². The maximum atomic E-state index is 12.4. The van der Waals surface area contributed by atoms with Gasteiger partial charge in [-0.15, -0.1) is 0 Å². The number of aryl methyl sites for hydroxylation is 2. The van der Waals surface area contributed by atoms with Crippen molar-refractivity contribution in [1.82, 2.24) is 9.97 Å². The van der Waals surface area contributed by atoms with E-state index in [4.69, 9.17) is 19.5 Å². The summed E-state index contributed by atoms with van der Waals surface area (Å²) in [6.45, 7) is 3.55. The largest absolute Gasteiger partial charge is 0.488 e. The van der Waals surface area contributed by atoms with Crippen LogP contribution in [0.4, 0.5) is 26.3 Å². The average molecular weight is 629 g/mol. The Hall–Kier alpha value is -3.62. The van der Waals surface area contributed by atoms with Gasteiger partial charge in [-0.05, 0) is 60.8 Å². The van der Waals surface area contributed by atoms with E-state index in [9.17, 15) is 26.3 Å². The van der Waals surface area contributed by atoms with Crippen molar-refractivity contribution < 1.29 is 45.9 Å². The molecule has 0 spiro atoms. The molecule has 0 bridgehead atoms. The molecule has 210 valence electrons. The van der Waals surface area contributed by atoms with E-state index < -0.39 is 30.6 Å². The number of hydrogen-bond donors (Lipinski definition) is 2. The van der Waals surface area contributed by atoms with Crippen LogP contribution in [-0.2, 0) is 12.4 Å². The van der Waals surface area contributed by atoms with Crippen LogP contribution in [0, 0.1) is 13.8 Å². The van der Waals surface area contributed by atoms with Gasteiger partial charge in [0.1, 0.15) is 11.5 Å². The van der Waals surface area contributed by atoms with E-state index in [1.807, 2.05) is 19.1 Å². The summed E-state index contributed by atoms with van der Waals surface area (Å²) >= 11 is 3.30. The van der Waals surface area contributed by atoms with Gasteiger partial charge in [0.15, 0.2) is 0 Å². The molecule has 0 aliphatic heterocycles. The molecule has 2 heterocycles. The Bertz CT molecular complexity index is 1430. The number of benzene rings is 2. The van der Waals surface area contributed by atoms with Gasteiger partial charge >= 0.3 is 19.5 Å². The van der Waals surface area contributed by atoms with Crippen molar-refractivity contribution in [3.63, 3.8) is 0 Å². The van der Waals surface area contributed by atoms with Gasteiger partial charge in [-0.3, -0.25) is 0 Å². The van der Waals surface area contributed by atoms with Gasteiger partial charge in [0, 0.05) is 29.0 Å². The Labute approximate surface area is 233 Å². The van der Waals surface area contributed by atoms with Crippen molar-refractivity contribution >= 4 is 28.5 Å². The van der Waals surface area contributed by atoms with Crippen LogP contribution in [0.25, 0.3) is 0 Å². The zero-order chi connectivity index (χ0) is 29.7. The first kappa shape index (κ1) is 30.9. The van der Waals surface area contributed by atoms with Crippen LogP contribution in [-0.4, -0.2) is 27.1 Å². The fourth-order valence-corrected chi connectivity index (χ4v) is 3.35. The highest BCUT2D eigenvalue weighted by Gasteiger charge is 2.31. The SMILES string of the molecule is Cc1ccc(B(O)O)cc1Oc1ccc(C(F)(F)F)cn1.Cc1ccc(Br)cc1Oc1ccc(C(F)(F)F)cn1. The van der Waals surface area contributed by atoms with Gasteiger partial charge in [-0.1, -0.05) is 34.1 Å². The number of nitrogens with zero attached hydrogens (tertiary/aromatic N) is 2. The molecule has 0 aliphatic carbocycles. The quantitative estimate of drug-likeness (QED) is 0.186. The number of alkyl halides is 6. The summed E-state index contributed by atoms with van der Waals surface area (Å²) in [7, 11) is -1.66. The molecule has 0 amide bonds. The highest BCUT2D eigenvalue weighted by Crippen LogP contribution is 2.32. The molecule has 0 unspecified atom stereocenters. The van der Waals surface area contributed by atoms with E-state index in [-0.39, 0.29) is 23.0 Å². The lowest BCUT2D eigenvalue weighted by Crippen LogP contribution is -2.29. The summed E-state index contributed by atoms with van der Waals surface area (Å²) in [5.41, 5.74) is 0.0884. The molecular weight excluding hydrogens is 609 g/mol. The van der Waals surface area contributed by atoms with E-state index >= 15 is 0 Å². The summed E-state index contributed by atoms with van der Waals surface area (Å²) < 4.78 is 86.0. The molecule has 4 rings (SSSR count). The maximum absolute atomic E-state index is 12.4. The Morgan fingerprint density at radius 3 is 1.52 bits per heavy atom. The standard InChI is InChI=1S/C13H11BF3NO3.C13H9BrF3NO/c1-8-2-4-10(14(19)20)6-11(8)21-12-5-3-9(7-18-12)13(15,16)17;1-8-2-4-10(14)6-11(8)19-12-5-3-9(7-18-12)13(15,16)17/h2-7,19-20H,1H3;2-7H,1H3. The van der Waals surface area contributed by atoms with Gasteiger partial charge in [0.05, 0.1) is 11.1 Å². The predicted molar refractivity (Wildman–Crippen MR) is 139 cm³/mol. The molecule has 0 saturated carbocycles. The second kappa shape index (κ2) is 12.7. The van der Waals surface area contributed by atoms with E-state index in [1.165, 1.54) is 18.2 Å². The van der Waals surface area contributed by atoms with Gasteiger partial charge in [0.25, 0.3) is 0 Å². The van der Waals surface area contributed by atoms with Gasteiger partial charge < -0.3 is 19.5 Å². The van der Waals surface area contributed by atoms with Gasteiger partial charge in [-0.2, -0.15) is 26.3 Å². The van der Waals surface area contributed by atoms with Crippen molar-refractivity contribution in [3.05, 3.63) is 99.8 Å². The molecule has 40 heavy (non-hydrogen) atoms. The number of pyridine rings is 2. The molecule has 0 saturated heterocycles. The normalized spacial score (nSPS) is 11.4. The summed E-state index contributed by atoms with van der Waals surface area (Å²) in [4.78, 5) is 7.24. The molecule has 14 heteroatoms. The van der Waals surface area contributed by atoms with E-state index in [0.29, 0.717) is 17.5 Å². The van der Waals surface area contributed by atoms with Crippen molar-refractivity contribution in [3.8, 4) is 23.3 Å². The summed E-state index contributed by atoms with van der Waals surface area (Å²) in [6.07, 6.45) is -7.42. The number of aromatic nitrogens is 2. The van der Waals surface area contributed by atoms with Crippen LogP contribution in [0.15, 0.2) is 77.5 Å². The van der Waals surface area contributed by atoms with Crippen molar-refractivity contribution in [2.24, 2.45) is 0 Å². The third kappa shape index (κ3) is 8.70. The molecule has 4 aromatic rings. The fraction of sp³-hybridized carbons (Fsp3) is 0.154. The third-order valence-electron chi connectivity index (χ3n) is 5.22. The van der Waals surface area contributed by atoms with Crippen molar-refractivity contribution in [2.75, 3.05) is 0 Å². The molecule has 2 N–H and O–H groups in total. The Kier molecular flexibility index (Phi) is 9.82. The Morgan fingerprint density at radius 2 is 1.12 bits per heavy atom. The fourth-order valence-electron chi connectivity index (χ4n) is 3.01. The van der Waals surface area contributed by atoms with E-state index in [0.717, 1.165) is 34.4 Å². The van der Waals surface area contributed by atoms with Crippen LogP contribution in [0.3, 0.4) is 0 Å². The molecule has 0 aliphatic rings. The minimum Gasteiger partial charge on any atom is -0.439 e. The van der Waals surface area contributed by atoms with Crippen LogP contribution < -0.4 is 14.9 Å². The maximum Gasteiger partial charge on any atom is 0.488 e. The smallest absolute Gasteiger partial charge is 0.439 e. The van der Waals surface area contributed by atoms with Gasteiger partial charge in [0.2, 0.25) is 11.8 Å². The molecule has 0 radical (unpaired) electrons. The lowest BCUT2D eigenvalue weighted by Gasteiger charge is -2.11. The number of rotatable bonds is 5. The summed E-state index contributed by atoms with van der Waals surface area (Å²) in [6, 6.07) is 14.0. The molecule has 2 aromatic carbocycles. The highest BCUT2D eigenvalue weighted by atomic mass is 79.9. The Morgan fingerprint density at radius 1 is 0.675 bits per heavy atom. The van der Waals surface area contributed by atoms with Crippen LogP contribution >= 0.6 is 15.9 Å². The number of halogens is 7. The number of ether oxygens (including phenoxy) is 2. The minimum atomic E-state index is -4.46. The molecule has 0 atom stereocenters. The zero-order valence-electron chi connectivity index (χ0n) is 20.8. The van der Waals surface area contributed by atoms with Crippen LogP contribution in [0.2, 0.25) is 0 Å².